The van der Waals surface area contributed by atoms with Crippen LogP contribution in [0.1, 0.15) is 25.3 Å². The molecule has 0 bridgehead atoms. The minimum atomic E-state index is -0.101. The molecule has 0 saturated carbocycles. The van der Waals surface area contributed by atoms with Gasteiger partial charge in [0.2, 0.25) is 6.79 Å². The van der Waals surface area contributed by atoms with Crippen molar-refractivity contribution in [3.05, 3.63) is 23.8 Å². The zero-order chi connectivity index (χ0) is 17.7. The van der Waals surface area contributed by atoms with Crippen LogP contribution in [0, 0.1) is 0 Å². The van der Waals surface area contributed by atoms with Gasteiger partial charge in [0.05, 0.1) is 13.2 Å². The van der Waals surface area contributed by atoms with E-state index < -0.39 is 0 Å². The minimum absolute atomic E-state index is 0.101. The molecular formula is C18H27N3O4. The van der Waals surface area contributed by atoms with Gasteiger partial charge >= 0.3 is 0 Å². The van der Waals surface area contributed by atoms with E-state index in [1.54, 1.807) is 7.11 Å². The number of methoxy groups -OCH3 is 1. The summed E-state index contributed by atoms with van der Waals surface area (Å²) in [4.78, 5) is 4.61. The third-order valence-electron chi connectivity index (χ3n) is 4.80. The highest BCUT2D eigenvalue weighted by molar-refractivity contribution is 5.78. The molecule has 1 unspecified atom stereocenters. The summed E-state index contributed by atoms with van der Waals surface area (Å²) >= 11 is 0. The second kappa shape index (κ2) is 7.93. The quantitative estimate of drug-likeness (QED) is 0.596. The maximum atomic E-state index is 6.06. The molecule has 0 radical (unpaired) electrons. The van der Waals surface area contributed by atoms with Crippen LogP contribution in [0.15, 0.2) is 23.2 Å². The van der Waals surface area contributed by atoms with Crippen molar-refractivity contribution in [2.75, 3.05) is 40.3 Å². The monoisotopic (exact) mass is 349 g/mol. The number of fused-ring (bicyclic) bond motifs is 1. The Morgan fingerprint density at radius 2 is 2.08 bits per heavy atom. The van der Waals surface area contributed by atoms with Crippen molar-refractivity contribution in [2.45, 2.75) is 31.2 Å². The number of hydrogen-bond donors (Lipinski definition) is 2. The molecule has 0 aliphatic carbocycles. The first-order valence-corrected chi connectivity index (χ1v) is 8.66. The Kier molecular flexibility index (Phi) is 5.65. The average molecular weight is 349 g/mol. The van der Waals surface area contributed by atoms with Crippen LogP contribution in [0.2, 0.25) is 0 Å². The lowest BCUT2D eigenvalue weighted by Gasteiger charge is -2.36. The summed E-state index contributed by atoms with van der Waals surface area (Å²) in [6.45, 7) is 4.91. The number of benzene rings is 1. The predicted molar refractivity (Wildman–Crippen MR) is 95.3 cm³/mol. The number of nitrogens with one attached hydrogen (secondary N) is 1. The van der Waals surface area contributed by atoms with E-state index in [1.165, 1.54) is 5.56 Å². The number of rotatable bonds is 6. The lowest BCUT2D eigenvalue weighted by molar-refractivity contribution is 0.0530. The lowest BCUT2D eigenvalue weighted by atomic mass is 9.74. The average Bonchev–Trinajstić information content (AvgIpc) is 3.09. The summed E-state index contributed by atoms with van der Waals surface area (Å²) in [5.41, 5.74) is 7.15. The number of aliphatic imine (C=N–C) groups is 1. The fraction of sp³-hybridized carbons (Fsp3) is 0.611. The van der Waals surface area contributed by atoms with Gasteiger partial charge in [-0.1, -0.05) is 6.07 Å². The second-order valence-corrected chi connectivity index (χ2v) is 6.66. The number of guanidine groups is 1. The van der Waals surface area contributed by atoms with Gasteiger partial charge in [-0.3, -0.25) is 4.99 Å². The Hall–Kier alpha value is -1.99. The second-order valence-electron chi connectivity index (χ2n) is 6.66. The van der Waals surface area contributed by atoms with Crippen LogP contribution in [0.5, 0.6) is 11.5 Å². The van der Waals surface area contributed by atoms with Crippen molar-refractivity contribution in [3.63, 3.8) is 0 Å². The van der Waals surface area contributed by atoms with Crippen molar-refractivity contribution in [1.29, 1.82) is 0 Å². The molecule has 0 spiro atoms. The maximum Gasteiger partial charge on any atom is 0.231 e. The molecule has 1 aromatic carbocycles. The van der Waals surface area contributed by atoms with Crippen molar-refractivity contribution < 1.29 is 18.9 Å². The third kappa shape index (κ3) is 4.16. The van der Waals surface area contributed by atoms with Gasteiger partial charge in [0.25, 0.3) is 0 Å². The molecule has 1 atom stereocenters. The number of nitrogens with zero attached hydrogens (tertiary/aromatic N) is 1. The maximum absolute atomic E-state index is 6.06. The van der Waals surface area contributed by atoms with Crippen LogP contribution in [0.25, 0.3) is 0 Å². The van der Waals surface area contributed by atoms with E-state index in [2.05, 4.69) is 22.4 Å². The van der Waals surface area contributed by atoms with E-state index in [0.717, 1.165) is 37.6 Å². The first-order valence-electron chi connectivity index (χ1n) is 8.66. The molecule has 1 aromatic rings. The molecule has 2 aliphatic rings. The molecule has 1 saturated heterocycles. The van der Waals surface area contributed by atoms with E-state index in [9.17, 15) is 0 Å². The molecule has 7 nitrogen and oxygen atoms in total. The van der Waals surface area contributed by atoms with Gasteiger partial charge < -0.3 is 30.0 Å². The summed E-state index contributed by atoms with van der Waals surface area (Å²) in [7, 11) is 1.67. The van der Waals surface area contributed by atoms with Crippen molar-refractivity contribution in [3.8, 4) is 11.5 Å². The Bertz CT molecular complexity index is 614. The lowest BCUT2D eigenvalue weighted by Crippen LogP contribution is -2.43. The highest BCUT2D eigenvalue weighted by Gasteiger charge is 2.35. The van der Waals surface area contributed by atoms with Crippen molar-refractivity contribution in [2.24, 2.45) is 10.7 Å². The van der Waals surface area contributed by atoms with Gasteiger partial charge in [0, 0.05) is 31.8 Å². The highest BCUT2D eigenvalue weighted by Crippen LogP contribution is 2.41. The number of ether oxygens (including phenoxy) is 4. The van der Waals surface area contributed by atoms with Gasteiger partial charge in [-0.25, -0.2) is 0 Å². The first-order chi connectivity index (χ1) is 12.1. The van der Waals surface area contributed by atoms with E-state index in [4.69, 9.17) is 24.7 Å². The van der Waals surface area contributed by atoms with Gasteiger partial charge in [-0.15, -0.1) is 0 Å². The highest BCUT2D eigenvalue weighted by atomic mass is 16.7. The largest absolute Gasteiger partial charge is 0.454 e. The molecule has 2 aliphatic heterocycles. The Morgan fingerprint density at radius 1 is 1.32 bits per heavy atom. The number of nitrogens with two attached hydrogens (primary N) is 1. The van der Waals surface area contributed by atoms with E-state index in [1.807, 2.05) is 13.0 Å². The molecule has 138 valence electrons. The van der Waals surface area contributed by atoms with Gasteiger partial charge in [-0.2, -0.15) is 0 Å². The van der Waals surface area contributed by atoms with E-state index >= 15 is 0 Å². The smallest absolute Gasteiger partial charge is 0.231 e. The van der Waals surface area contributed by atoms with Gasteiger partial charge in [0.15, 0.2) is 17.5 Å². The Labute approximate surface area is 148 Å². The van der Waals surface area contributed by atoms with Crippen LogP contribution in [-0.4, -0.2) is 52.3 Å². The summed E-state index contributed by atoms with van der Waals surface area (Å²) in [5, 5.41) is 3.16. The predicted octanol–water partition coefficient (Wildman–Crippen LogP) is 1.40. The molecule has 0 aromatic heterocycles. The Balaban J connectivity index is 1.77. The summed E-state index contributed by atoms with van der Waals surface area (Å²) in [6, 6.07) is 6.26. The number of hydrogen-bond acceptors (Lipinski definition) is 5. The van der Waals surface area contributed by atoms with Gasteiger partial charge in [-0.05, 0) is 37.5 Å². The molecule has 25 heavy (non-hydrogen) atoms. The fourth-order valence-electron chi connectivity index (χ4n) is 3.35. The van der Waals surface area contributed by atoms with E-state index in [0.29, 0.717) is 19.1 Å². The van der Waals surface area contributed by atoms with Gasteiger partial charge in [0.1, 0.15) is 0 Å². The summed E-state index contributed by atoms with van der Waals surface area (Å²) in [5.74, 6) is 2.03. The van der Waals surface area contributed by atoms with Crippen LogP contribution < -0.4 is 20.5 Å². The normalized spacial score (nSPS) is 20.3. The standard InChI is InChI=1S/C18H27N3O4/c1-13(10-22-2)21-17(19)20-11-18(5-7-23-8-6-18)14-3-4-15-16(9-14)25-12-24-15/h3-4,9,13H,5-8,10-12H2,1-2H3,(H3,19,20,21). The van der Waals surface area contributed by atoms with Crippen LogP contribution in [0.4, 0.5) is 0 Å². The molecule has 2 heterocycles. The summed E-state index contributed by atoms with van der Waals surface area (Å²) < 4.78 is 21.7. The molecular weight excluding hydrogens is 322 g/mol. The van der Waals surface area contributed by atoms with E-state index in [-0.39, 0.29) is 18.2 Å². The zero-order valence-corrected chi connectivity index (χ0v) is 14.9. The van der Waals surface area contributed by atoms with Crippen molar-refractivity contribution >= 4 is 5.96 Å². The SMILES string of the molecule is COCC(C)NC(N)=NCC1(c2ccc3c(c2)OCO3)CCOCC1. The van der Waals surface area contributed by atoms with Crippen LogP contribution in [0.3, 0.4) is 0 Å². The Morgan fingerprint density at radius 3 is 2.84 bits per heavy atom. The zero-order valence-electron chi connectivity index (χ0n) is 14.9. The first kappa shape index (κ1) is 17.8. The molecule has 7 heteroatoms. The molecule has 3 rings (SSSR count). The molecule has 0 amide bonds. The summed E-state index contributed by atoms with van der Waals surface area (Å²) in [6.07, 6.45) is 1.80. The molecule has 3 N–H and O–H groups in total. The fourth-order valence-corrected chi connectivity index (χ4v) is 3.35. The minimum Gasteiger partial charge on any atom is -0.454 e. The van der Waals surface area contributed by atoms with Crippen LogP contribution in [-0.2, 0) is 14.9 Å². The van der Waals surface area contributed by atoms with Crippen LogP contribution >= 0.6 is 0 Å². The molecule has 1 fully saturated rings. The van der Waals surface area contributed by atoms with Crippen molar-refractivity contribution in [1.82, 2.24) is 5.32 Å². The topological polar surface area (TPSA) is 87.3 Å². The third-order valence-corrected chi connectivity index (χ3v) is 4.80.